The van der Waals surface area contributed by atoms with E-state index < -0.39 is 0 Å². The van der Waals surface area contributed by atoms with Gasteiger partial charge in [0.15, 0.2) is 0 Å². The normalized spacial score (nSPS) is 21.2. The number of nitrogens with zero attached hydrogens (tertiary/aromatic N) is 1. The third kappa shape index (κ3) is 3.56. The summed E-state index contributed by atoms with van der Waals surface area (Å²) in [6.45, 7) is 3.57. The quantitative estimate of drug-likeness (QED) is 0.799. The Labute approximate surface area is 110 Å². The van der Waals surface area contributed by atoms with Crippen molar-refractivity contribution >= 4 is 0 Å². The van der Waals surface area contributed by atoms with Gasteiger partial charge in [-0.25, -0.2) is 0 Å². The van der Waals surface area contributed by atoms with E-state index in [9.17, 15) is 0 Å². The molecule has 2 heteroatoms. The Bertz CT molecular complexity index is 354. The Balaban J connectivity index is 1.56. The molecule has 2 fully saturated rings. The van der Waals surface area contributed by atoms with Crippen molar-refractivity contribution in [1.82, 2.24) is 4.90 Å². The monoisotopic (exact) mass is 244 g/mol. The SMILES string of the molecule is NC(CN(CC1CC1)CC1CC1)c1ccccc1. The predicted molar refractivity (Wildman–Crippen MR) is 75.3 cm³/mol. The van der Waals surface area contributed by atoms with Crippen molar-refractivity contribution < 1.29 is 0 Å². The Morgan fingerprint density at radius 1 is 1.00 bits per heavy atom. The van der Waals surface area contributed by atoms with E-state index in [4.69, 9.17) is 5.73 Å². The molecule has 1 atom stereocenters. The van der Waals surface area contributed by atoms with Gasteiger partial charge in [-0.2, -0.15) is 0 Å². The first-order valence-electron chi connectivity index (χ1n) is 7.34. The molecule has 0 spiro atoms. The first-order valence-corrected chi connectivity index (χ1v) is 7.34. The van der Waals surface area contributed by atoms with Gasteiger partial charge in [0.1, 0.15) is 0 Å². The van der Waals surface area contributed by atoms with Gasteiger partial charge in [-0.05, 0) is 43.1 Å². The highest BCUT2D eigenvalue weighted by atomic mass is 15.1. The van der Waals surface area contributed by atoms with Crippen LogP contribution in [0.5, 0.6) is 0 Å². The number of benzene rings is 1. The molecule has 2 aliphatic rings. The molecule has 0 heterocycles. The predicted octanol–water partition coefficient (Wildman–Crippen LogP) is 2.81. The van der Waals surface area contributed by atoms with Gasteiger partial charge in [0.25, 0.3) is 0 Å². The van der Waals surface area contributed by atoms with Crippen molar-refractivity contribution in [2.75, 3.05) is 19.6 Å². The van der Waals surface area contributed by atoms with Gasteiger partial charge >= 0.3 is 0 Å². The summed E-state index contributed by atoms with van der Waals surface area (Å²) in [5.41, 5.74) is 7.62. The van der Waals surface area contributed by atoms with Gasteiger partial charge in [-0.1, -0.05) is 30.3 Å². The van der Waals surface area contributed by atoms with E-state index in [0.717, 1.165) is 18.4 Å². The largest absolute Gasteiger partial charge is 0.323 e. The second-order valence-electron chi connectivity index (χ2n) is 6.12. The second kappa shape index (κ2) is 5.41. The van der Waals surface area contributed by atoms with Gasteiger partial charge in [-0.3, -0.25) is 0 Å². The lowest BCUT2D eigenvalue weighted by molar-refractivity contribution is 0.238. The molecule has 2 N–H and O–H groups in total. The fraction of sp³-hybridized carbons (Fsp3) is 0.625. The summed E-state index contributed by atoms with van der Waals surface area (Å²) in [5.74, 6) is 1.93. The van der Waals surface area contributed by atoms with Crippen LogP contribution < -0.4 is 5.73 Å². The molecule has 0 aromatic heterocycles. The number of nitrogens with two attached hydrogens (primary N) is 1. The highest BCUT2D eigenvalue weighted by Crippen LogP contribution is 2.34. The van der Waals surface area contributed by atoms with Crippen molar-refractivity contribution in [3.8, 4) is 0 Å². The minimum Gasteiger partial charge on any atom is -0.323 e. The molecule has 2 nitrogen and oxygen atoms in total. The van der Waals surface area contributed by atoms with Crippen molar-refractivity contribution in [3.63, 3.8) is 0 Å². The molecule has 3 rings (SSSR count). The lowest BCUT2D eigenvalue weighted by Gasteiger charge is -2.25. The molecule has 98 valence electrons. The average molecular weight is 244 g/mol. The molecular formula is C16H24N2. The molecule has 0 amide bonds. The summed E-state index contributed by atoms with van der Waals surface area (Å²) < 4.78 is 0. The van der Waals surface area contributed by atoms with Gasteiger partial charge in [0.2, 0.25) is 0 Å². The third-order valence-corrected chi connectivity index (χ3v) is 4.11. The molecule has 0 radical (unpaired) electrons. The maximum Gasteiger partial charge on any atom is 0.0424 e. The van der Waals surface area contributed by atoms with Crippen LogP contribution in [0, 0.1) is 11.8 Å². The van der Waals surface area contributed by atoms with Crippen molar-refractivity contribution in [3.05, 3.63) is 35.9 Å². The van der Waals surface area contributed by atoms with Gasteiger partial charge in [-0.15, -0.1) is 0 Å². The van der Waals surface area contributed by atoms with Crippen LogP contribution in [0.3, 0.4) is 0 Å². The van der Waals surface area contributed by atoms with Crippen LogP contribution in [0.1, 0.15) is 37.3 Å². The van der Waals surface area contributed by atoms with Crippen LogP contribution in [-0.2, 0) is 0 Å². The van der Waals surface area contributed by atoms with Gasteiger partial charge < -0.3 is 10.6 Å². The van der Waals surface area contributed by atoms with Crippen molar-refractivity contribution in [2.24, 2.45) is 17.6 Å². The topological polar surface area (TPSA) is 29.3 Å². The molecule has 2 saturated carbocycles. The minimum absolute atomic E-state index is 0.170. The number of rotatable bonds is 7. The number of hydrogen-bond acceptors (Lipinski definition) is 2. The van der Waals surface area contributed by atoms with E-state index in [1.54, 1.807) is 0 Å². The first kappa shape index (κ1) is 12.2. The standard InChI is InChI=1S/C16H24N2/c17-16(15-4-2-1-3-5-15)12-18(10-13-6-7-13)11-14-8-9-14/h1-5,13-14,16H,6-12,17H2. The fourth-order valence-corrected chi connectivity index (χ4v) is 2.64. The lowest BCUT2D eigenvalue weighted by atomic mass is 10.1. The third-order valence-electron chi connectivity index (χ3n) is 4.11. The molecule has 0 bridgehead atoms. The van der Waals surface area contributed by atoms with Crippen LogP contribution in [0.25, 0.3) is 0 Å². The van der Waals surface area contributed by atoms with Crippen LogP contribution in [-0.4, -0.2) is 24.5 Å². The maximum absolute atomic E-state index is 6.35. The van der Waals surface area contributed by atoms with Crippen LogP contribution in [0.15, 0.2) is 30.3 Å². The summed E-state index contributed by atoms with van der Waals surface area (Å²) in [6.07, 6.45) is 5.73. The highest BCUT2D eigenvalue weighted by molar-refractivity contribution is 5.18. The van der Waals surface area contributed by atoms with E-state index in [1.807, 2.05) is 0 Å². The Morgan fingerprint density at radius 2 is 1.56 bits per heavy atom. The van der Waals surface area contributed by atoms with Crippen LogP contribution in [0.4, 0.5) is 0 Å². The summed E-state index contributed by atoms with van der Waals surface area (Å²) >= 11 is 0. The molecular weight excluding hydrogens is 220 g/mol. The van der Waals surface area contributed by atoms with Gasteiger partial charge in [0.05, 0.1) is 0 Å². The van der Waals surface area contributed by atoms with Crippen LogP contribution in [0.2, 0.25) is 0 Å². The van der Waals surface area contributed by atoms with E-state index in [-0.39, 0.29) is 6.04 Å². The summed E-state index contributed by atoms with van der Waals surface area (Å²) in [7, 11) is 0. The zero-order valence-corrected chi connectivity index (χ0v) is 11.1. The van der Waals surface area contributed by atoms with E-state index in [2.05, 4.69) is 35.2 Å². The second-order valence-corrected chi connectivity index (χ2v) is 6.12. The first-order chi connectivity index (χ1) is 8.81. The molecule has 0 aliphatic heterocycles. The summed E-state index contributed by atoms with van der Waals surface area (Å²) in [5, 5.41) is 0. The average Bonchev–Trinajstić information content (AvgIpc) is 3.26. The zero-order valence-electron chi connectivity index (χ0n) is 11.1. The van der Waals surface area contributed by atoms with E-state index in [1.165, 1.54) is 44.3 Å². The molecule has 1 aromatic rings. The molecule has 18 heavy (non-hydrogen) atoms. The van der Waals surface area contributed by atoms with Gasteiger partial charge in [0, 0.05) is 25.7 Å². The van der Waals surface area contributed by atoms with E-state index in [0.29, 0.717) is 0 Å². The van der Waals surface area contributed by atoms with Crippen LogP contribution >= 0.6 is 0 Å². The number of hydrogen-bond donors (Lipinski definition) is 1. The highest BCUT2D eigenvalue weighted by Gasteiger charge is 2.29. The Kier molecular flexibility index (Phi) is 3.67. The molecule has 2 aliphatic carbocycles. The summed E-state index contributed by atoms with van der Waals surface area (Å²) in [6, 6.07) is 10.7. The maximum atomic E-state index is 6.35. The Morgan fingerprint density at radius 3 is 2.06 bits per heavy atom. The smallest absolute Gasteiger partial charge is 0.0424 e. The zero-order chi connectivity index (χ0) is 12.4. The van der Waals surface area contributed by atoms with E-state index >= 15 is 0 Å². The molecule has 1 unspecified atom stereocenters. The Hall–Kier alpha value is -0.860. The molecule has 0 saturated heterocycles. The molecule has 1 aromatic carbocycles. The minimum atomic E-state index is 0.170. The summed E-state index contributed by atoms with van der Waals surface area (Å²) in [4.78, 5) is 2.62. The van der Waals surface area contributed by atoms with Crippen molar-refractivity contribution in [2.45, 2.75) is 31.7 Å². The fourth-order valence-electron chi connectivity index (χ4n) is 2.64. The lowest BCUT2D eigenvalue weighted by Crippen LogP contribution is -2.35. The van der Waals surface area contributed by atoms with Crippen molar-refractivity contribution in [1.29, 1.82) is 0 Å².